The van der Waals surface area contributed by atoms with E-state index in [1.807, 2.05) is 30.4 Å². The number of benzene rings is 2. The Morgan fingerprint density at radius 3 is 2.44 bits per heavy atom. The van der Waals surface area contributed by atoms with Crippen molar-refractivity contribution in [3.05, 3.63) is 60.2 Å². The number of allylic oxidation sites excluding steroid dienone is 2. The number of likely N-dealkylation sites (N-methyl/N-ethyl adjacent to an activating group) is 1. The van der Waals surface area contributed by atoms with Crippen LogP contribution < -0.4 is 0 Å². The zero-order chi connectivity index (χ0) is 17.6. The van der Waals surface area contributed by atoms with Crippen molar-refractivity contribution in [1.29, 1.82) is 0 Å². The normalized spacial score (nSPS) is 16.6. The maximum absolute atomic E-state index is 11.7. The second kappa shape index (κ2) is 7.99. The van der Waals surface area contributed by atoms with Gasteiger partial charge in [0.25, 0.3) is 0 Å². The van der Waals surface area contributed by atoms with Gasteiger partial charge >= 0.3 is 19.1 Å². The van der Waals surface area contributed by atoms with Crippen LogP contribution in [0.1, 0.15) is 5.56 Å². The Balaban J connectivity index is 1.60. The lowest BCUT2D eigenvalue weighted by atomic mass is 9.84. The summed E-state index contributed by atoms with van der Waals surface area (Å²) in [5, 5.41) is 2.43. The van der Waals surface area contributed by atoms with Gasteiger partial charge in [-0.25, -0.2) is 0 Å². The summed E-state index contributed by atoms with van der Waals surface area (Å²) >= 11 is 0. The molecule has 0 spiro atoms. The van der Waals surface area contributed by atoms with Crippen LogP contribution in [-0.2, 0) is 25.3 Å². The Morgan fingerprint density at radius 2 is 1.68 bits per heavy atom. The first-order valence-corrected chi connectivity index (χ1v) is 8.31. The molecular weight excluding hydrogens is 317 g/mol. The molecule has 5 nitrogen and oxygen atoms in total. The Labute approximate surface area is 147 Å². The number of hydrogen-bond acceptors (Lipinski definition) is 5. The average Bonchev–Trinajstić information content (AvgIpc) is 2.57. The van der Waals surface area contributed by atoms with E-state index >= 15 is 0 Å². The summed E-state index contributed by atoms with van der Waals surface area (Å²) < 4.78 is 10.4. The van der Waals surface area contributed by atoms with E-state index in [-0.39, 0.29) is 25.0 Å². The molecule has 2 aromatic carbocycles. The maximum Gasteiger partial charge on any atom is 0.602 e. The highest BCUT2D eigenvalue weighted by Gasteiger charge is 2.30. The molecule has 25 heavy (non-hydrogen) atoms. The van der Waals surface area contributed by atoms with E-state index in [9.17, 15) is 9.59 Å². The molecule has 6 heteroatoms. The van der Waals surface area contributed by atoms with Crippen LogP contribution in [-0.4, -0.2) is 44.1 Å². The molecule has 1 aliphatic rings. The Morgan fingerprint density at radius 1 is 1.00 bits per heavy atom. The van der Waals surface area contributed by atoms with Crippen LogP contribution >= 0.6 is 0 Å². The van der Waals surface area contributed by atoms with Gasteiger partial charge in [0, 0.05) is 6.32 Å². The first-order valence-electron chi connectivity index (χ1n) is 8.31. The number of hydrogen-bond donors (Lipinski definition) is 0. The van der Waals surface area contributed by atoms with Crippen molar-refractivity contribution in [2.24, 2.45) is 0 Å². The molecule has 0 aromatic heterocycles. The highest BCUT2D eigenvalue weighted by molar-refractivity contribution is 6.49. The van der Waals surface area contributed by atoms with Crippen molar-refractivity contribution in [3.8, 4) is 0 Å². The number of nitrogens with zero attached hydrogens (tertiary/aromatic N) is 1. The van der Waals surface area contributed by atoms with E-state index in [1.54, 1.807) is 11.9 Å². The molecule has 0 amide bonds. The van der Waals surface area contributed by atoms with E-state index < -0.39 is 7.12 Å². The number of rotatable bonds is 4. The molecule has 0 radical (unpaired) electrons. The summed E-state index contributed by atoms with van der Waals surface area (Å²) in [6, 6.07) is 14.5. The standard InChI is InChI=1S/C19H20BNO4/c1-21-13-18(22)24-20(25-19(23)14-21)12-5-4-8-16-10-6-9-15-7-2-3-11-17(15)16/h2-7,9-11H,8,12-14H2,1H3/b5-4+. The smallest absolute Gasteiger partial charge is 0.498 e. The minimum Gasteiger partial charge on any atom is -0.498 e. The maximum atomic E-state index is 11.7. The Hall–Kier alpha value is -2.60. The predicted molar refractivity (Wildman–Crippen MR) is 97.0 cm³/mol. The van der Waals surface area contributed by atoms with Crippen LogP contribution in [0, 0.1) is 0 Å². The van der Waals surface area contributed by atoms with Gasteiger partial charge in [0.05, 0.1) is 13.1 Å². The van der Waals surface area contributed by atoms with E-state index in [0.717, 1.165) is 6.42 Å². The third-order valence-electron chi connectivity index (χ3n) is 4.04. The summed E-state index contributed by atoms with van der Waals surface area (Å²) in [7, 11) is 0.824. The second-order valence-corrected chi connectivity index (χ2v) is 6.13. The molecule has 128 valence electrons. The summed E-state index contributed by atoms with van der Waals surface area (Å²) in [5.74, 6) is -0.773. The van der Waals surface area contributed by atoms with Crippen LogP contribution in [0.4, 0.5) is 0 Å². The molecule has 0 unspecified atom stereocenters. The SMILES string of the molecule is CN1CC(=O)OB(C/C=C/Cc2cccc3ccccc23)OC(=O)C1. The largest absolute Gasteiger partial charge is 0.602 e. The van der Waals surface area contributed by atoms with Gasteiger partial charge in [-0.2, -0.15) is 0 Å². The van der Waals surface area contributed by atoms with Gasteiger partial charge in [-0.3, -0.25) is 14.5 Å². The minimum atomic E-state index is -0.850. The molecule has 1 fully saturated rings. The highest BCUT2D eigenvalue weighted by Crippen LogP contribution is 2.19. The first-order chi connectivity index (χ1) is 12.1. The third-order valence-corrected chi connectivity index (χ3v) is 4.04. The second-order valence-electron chi connectivity index (χ2n) is 6.13. The summed E-state index contributed by atoms with van der Waals surface area (Å²) in [5.41, 5.74) is 1.22. The van der Waals surface area contributed by atoms with Gasteiger partial charge in [-0.1, -0.05) is 54.6 Å². The summed E-state index contributed by atoms with van der Waals surface area (Å²) in [4.78, 5) is 24.9. The average molecular weight is 337 g/mol. The van der Waals surface area contributed by atoms with Crippen molar-refractivity contribution in [2.75, 3.05) is 20.1 Å². The Kier molecular flexibility index (Phi) is 5.51. The third kappa shape index (κ3) is 4.70. The molecule has 0 atom stereocenters. The van der Waals surface area contributed by atoms with Crippen LogP contribution in [0.3, 0.4) is 0 Å². The van der Waals surface area contributed by atoms with Gasteiger partial charge in [-0.15, -0.1) is 0 Å². The summed E-state index contributed by atoms with van der Waals surface area (Å²) in [6.07, 6.45) is 5.01. The summed E-state index contributed by atoms with van der Waals surface area (Å²) in [6.45, 7) is 0.177. The van der Waals surface area contributed by atoms with Crippen LogP contribution in [0.25, 0.3) is 10.8 Å². The quantitative estimate of drug-likeness (QED) is 0.634. The van der Waals surface area contributed by atoms with Gasteiger partial charge < -0.3 is 9.31 Å². The molecule has 0 N–H and O–H groups in total. The molecule has 0 saturated carbocycles. The van der Waals surface area contributed by atoms with E-state index in [0.29, 0.717) is 6.32 Å². The van der Waals surface area contributed by atoms with Crippen LogP contribution in [0.2, 0.25) is 6.32 Å². The lowest BCUT2D eigenvalue weighted by molar-refractivity contribution is -0.145. The van der Waals surface area contributed by atoms with E-state index in [4.69, 9.17) is 9.31 Å². The fourth-order valence-corrected chi connectivity index (χ4v) is 2.87. The molecular formula is C19H20BNO4. The minimum absolute atomic E-state index is 0.0886. The lowest BCUT2D eigenvalue weighted by Crippen LogP contribution is -2.42. The number of carbonyl (C=O) groups excluding carboxylic acids is 2. The molecule has 2 aromatic rings. The van der Waals surface area contributed by atoms with Gasteiger partial charge in [0.2, 0.25) is 0 Å². The van der Waals surface area contributed by atoms with Gasteiger partial charge in [-0.05, 0) is 29.8 Å². The van der Waals surface area contributed by atoms with Crippen LogP contribution in [0.15, 0.2) is 54.6 Å². The van der Waals surface area contributed by atoms with Crippen molar-refractivity contribution in [1.82, 2.24) is 4.90 Å². The molecule has 1 aliphatic heterocycles. The van der Waals surface area contributed by atoms with Gasteiger partial charge in [0.15, 0.2) is 0 Å². The number of fused-ring (bicyclic) bond motifs is 1. The fraction of sp³-hybridized carbons (Fsp3) is 0.263. The van der Waals surface area contributed by atoms with Gasteiger partial charge in [0.1, 0.15) is 0 Å². The zero-order valence-electron chi connectivity index (χ0n) is 14.2. The van der Waals surface area contributed by atoms with Crippen molar-refractivity contribution >= 4 is 29.8 Å². The van der Waals surface area contributed by atoms with E-state index in [2.05, 4.69) is 24.3 Å². The molecule has 3 rings (SSSR count). The van der Waals surface area contributed by atoms with Crippen molar-refractivity contribution in [2.45, 2.75) is 12.7 Å². The topological polar surface area (TPSA) is 55.8 Å². The Bertz CT molecular complexity index is 780. The lowest BCUT2D eigenvalue weighted by Gasteiger charge is -2.21. The predicted octanol–water partition coefficient (Wildman–Crippen LogP) is 2.46. The van der Waals surface area contributed by atoms with Crippen molar-refractivity contribution in [3.63, 3.8) is 0 Å². The highest BCUT2D eigenvalue weighted by atomic mass is 16.6. The monoisotopic (exact) mass is 337 g/mol. The number of carbonyl (C=O) groups is 2. The first kappa shape index (κ1) is 17.2. The van der Waals surface area contributed by atoms with E-state index in [1.165, 1.54) is 16.3 Å². The zero-order valence-corrected chi connectivity index (χ0v) is 14.2. The van der Waals surface area contributed by atoms with Crippen LogP contribution in [0.5, 0.6) is 0 Å². The molecule has 1 saturated heterocycles. The van der Waals surface area contributed by atoms with Crippen molar-refractivity contribution < 1.29 is 18.9 Å². The molecule has 1 heterocycles. The molecule has 0 aliphatic carbocycles. The molecule has 0 bridgehead atoms. The fourth-order valence-electron chi connectivity index (χ4n) is 2.87.